The van der Waals surface area contributed by atoms with Gasteiger partial charge in [0.25, 0.3) is 5.91 Å². The third-order valence-electron chi connectivity index (χ3n) is 3.33. The highest BCUT2D eigenvalue weighted by atomic mass is 79.9. The Morgan fingerprint density at radius 2 is 1.83 bits per heavy atom. The number of para-hydroxylation sites is 1. The molecule has 0 saturated heterocycles. The molecule has 0 aromatic heterocycles. The average Bonchev–Trinajstić information content (AvgIpc) is 2.54. The maximum Gasteiger partial charge on any atom is 0.251 e. The van der Waals surface area contributed by atoms with Crippen molar-refractivity contribution in [3.63, 3.8) is 0 Å². The highest BCUT2D eigenvalue weighted by molar-refractivity contribution is 9.10. The van der Waals surface area contributed by atoms with Gasteiger partial charge in [-0.1, -0.05) is 12.1 Å². The lowest BCUT2D eigenvalue weighted by Gasteiger charge is -2.22. The van der Waals surface area contributed by atoms with Crippen molar-refractivity contribution < 1.29 is 18.4 Å². The number of carbonyl (C=O) groups is 2. The molecule has 2 rings (SSSR count). The molecule has 1 N–H and O–H groups in total. The van der Waals surface area contributed by atoms with Crippen molar-refractivity contribution in [1.29, 1.82) is 0 Å². The Hall–Kier alpha value is -2.28. The van der Waals surface area contributed by atoms with Crippen molar-refractivity contribution in [2.24, 2.45) is 0 Å². The first-order chi connectivity index (χ1) is 11.4. The van der Waals surface area contributed by atoms with Gasteiger partial charge in [0.05, 0.1) is 5.69 Å². The zero-order chi connectivity index (χ0) is 17.7. The summed E-state index contributed by atoms with van der Waals surface area (Å²) >= 11 is 3.38. The molecule has 0 heterocycles. The molecule has 0 aliphatic carbocycles. The van der Waals surface area contributed by atoms with Crippen LogP contribution in [-0.2, 0) is 4.79 Å². The van der Waals surface area contributed by atoms with Gasteiger partial charge in [0.2, 0.25) is 5.91 Å². The second-order valence-electron chi connectivity index (χ2n) is 5.01. The first-order valence-corrected chi connectivity index (χ1v) is 7.95. The van der Waals surface area contributed by atoms with Crippen LogP contribution in [0.15, 0.2) is 46.9 Å². The van der Waals surface area contributed by atoms with Crippen LogP contribution in [0.2, 0.25) is 0 Å². The molecular weight excluding hydrogens is 382 g/mol. The minimum absolute atomic E-state index is 0.0177. The van der Waals surface area contributed by atoms with Crippen LogP contribution >= 0.6 is 15.9 Å². The molecule has 0 bridgehead atoms. The Labute approximate surface area is 146 Å². The van der Waals surface area contributed by atoms with Crippen LogP contribution in [0.3, 0.4) is 0 Å². The second-order valence-corrected chi connectivity index (χ2v) is 5.86. The largest absolute Gasteiger partial charge is 0.350 e. The topological polar surface area (TPSA) is 49.4 Å². The second kappa shape index (κ2) is 8.01. The maximum absolute atomic E-state index is 13.1. The Kier molecular flexibility index (Phi) is 6.03. The molecule has 7 heteroatoms. The van der Waals surface area contributed by atoms with Crippen LogP contribution in [0.4, 0.5) is 14.5 Å². The van der Waals surface area contributed by atoms with Crippen LogP contribution in [-0.4, -0.2) is 24.9 Å². The molecule has 4 nitrogen and oxygen atoms in total. The number of hydrogen-bond donors (Lipinski definition) is 1. The van der Waals surface area contributed by atoms with Crippen LogP contribution in [0.25, 0.3) is 0 Å². The van der Waals surface area contributed by atoms with E-state index < -0.39 is 17.5 Å². The summed E-state index contributed by atoms with van der Waals surface area (Å²) < 4.78 is 26.8. The van der Waals surface area contributed by atoms with E-state index in [0.717, 1.165) is 16.6 Å². The molecule has 2 aromatic rings. The smallest absolute Gasteiger partial charge is 0.251 e. The van der Waals surface area contributed by atoms with Gasteiger partial charge in [0, 0.05) is 30.0 Å². The third kappa shape index (κ3) is 4.38. The van der Waals surface area contributed by atoms with Crippen molar-refractivity contribution in [3.8, 4) is 0 Å². The van der Waals surface area contributed by atoms with Crippen molar-refractivity contribution >= 4 is 33.4 Å². The van der Waals surface area contributed by atoms with Crippen LogP contribution in [0.1, 0.15) is 17.3 Å². The number of hydrogen-bond acceptors (Lipinski definition) is 2. The summed E-state index contributed by atoms with van der Waals surface area (Å²) in [5.74, 6) is -2.81. The van der Waals surface area contributed by atoms with Gasteiger partial charge in [-0.15, -0.1) is 0 Å². The molecule has 24 heavy (non-hydrogen) atoms. The summed E-state index contributed by atoms with van der Waals surface area (Å²) in [6, 6.07) is 10.2. The number of benzene rings is 2. The molecule has 2 amide bonds. The zero-order valence-corrected chi connectivity index (χ0v) is 14.4. The van der Waals surface area contributed by atoms with Crippen molar-refractivity contribution in [2.75, 3.05) is 18.0 Å². The molecule has 126 valence electrons. The van der Waals surface area contributed by atoms with E-state index in [1.165, 1.54) is 17.9 Å². The Bertz CT molecular complexity index is 768. The van der Waals surface area contributed by atoms with E-state index in [2.05, 4.69) is 21.2 Å². The number of rotatable bonds is 5. The first kappa shape index (κ1) is 18.1. The average molecular weight is 397 g/mol. The lowest BCUT2D eigenvalue weighted by Crippen LogP contribution is -2.37. The minimum Gasteiger partial charge on any atom is -0.350 e. The van der Waals surface area contributed by atoms with Crippen LogP contribution in [0.5, 0.6) is 0 Å². The highest BCUT2D eigenvalue weighted by Crippen LogP contribution is 2.25. The quantitative estimate of drug-likeness (QED) is 0.840. The number of anilines is 1. The lowest BCUT2D eigenvalue weighted by molar-refractivity contribution is -0.116. The van der Waals surface area contributed by atoms with E-state index >= 15 is 0 Å². The van der Waals surface area contributed by atoms with Crippen LogP contribution in [0, 0.1) is 11.6 Å². The molecule has 0 spiro atoms. The van der Waals surface area contributed by atoms with E-state index in [9.17, 15) is 18.4 Å². The number of halogens is 3. The summed E-state index contributed by atoms with van der Waals surface area (Å²) in [6.07, 6.45) is 0. The van der Waals surface area contributed by atoms with E-state index in [-0.39, 0.29) is 24.6 Å². The van der Waals surface area contributed by atoms with E-state index in [1.54, 1.807) is 12.1 Å². The van der Waals surface area contributed by atoms with E-state index in [1.807, 2.05) is 12.1 Å². The Morgan fingerprint density at radius 1 is 1.12 bits per heavy atom. The Morgan fingerprint density at radius 3 is 2.46 bits per heavy atom. The summed E-state index contributed by atoms with van der Waals surface area (Å²) in [6.45, 7) is 1.84. The number of carbonyl (C=O) groups excluding carboxylic acids is 2. The number of nitrogens with zero attached hydrogens (tertiary/aromatic N) is 1. The van der Waals surface area contributed by atoms with Gasteiger partial charge in [0.15, 0.2) is 11.6 Å². The third-order valence-corrected chi connectivity index (χ3v) is 4.00. The zero-order valence-electron chi connectivity index (χ0n) is 12.9. The molecule has 0 radical (unpaired) electrons. The predicted octanol–water partition coefficient (Wildman–Crippen LogP) is 3.51. The summed E-state index contributed by atoms with van der Waals surface area (Å²) in [5, 5.41) is 2.58. The first-order valence-electron chi connectivity index (χ1n) is 7.16. The molecular formula is C17H15BrF2N2O2. The molecule has 0 fully saturated rings. The molecule has 0 aliphatic rings. The summed E-state index contributed by atoms with van der Waals surface area (Å²) in [7, 11) is 0. The fraction of sp³-hybridized carbons (Fsp3) is 0.176. The fourth-order valence-corrected chi connectivity index (χ4v) is 2.64. The van der Waals surface area contributed by atoms with Gasteiger partial charge >= 0.3 is 0 Å². The maximum atomic E-state index is 13.1. The van der Waals surface area contributed by atoms with Gasteiger partial charge < -0.3 is 10.2 Å². The fourth-order valence-electron chi connectivity index (χ4n) is 2.14. The molecule has 2 aromatic carbocycles. The van der Waals surface area contributed by atoms with Crippen molar-refractivity contribution in [2.45, 2.75) is 6.92 Å². The van der Waals surface area contributed by atoms with E-state index in [4.69, 9.17) is 0 Å². The Balaban J connectivity index is 2.00. The molecule has 0 unspecified atom stereocenters. The van der Waals surface area contributed by atoms with Crippen molar-refractivity contribution in [1.82, 2.24) is 5.32 Å². The number of nitrogens with one attached hydrogen (secondary N) is 1. The van der Waals surface area contributed by atoms with Crippen molar-refractivity contribution in [3.05, 3.63) is 64.1 Å². The highest BCUT2D eigenvalue weighted by Gasteiger charge is 2.15. The SMILES string of the molecule is CC(=O)N(CCNC(=O)c1ccc(F)c(F)c1)c1ccccc1Br. The predicted molar refractivity (Wildman–Crippen MR) is 90.9 cm³/mol. The minimum atomic E-state index is -1.08. The van der Waals surface area contributed by atoms with E-state index in [0.29, 0.717) is 5.69 Å². The molecule has 0 saturated carbocycles. The van der Waals surface area contributed by atoms with Gasteiger partial charge in [-0.25, -0.2) is 8.78 Å². The summed E-state index contributed by atoms with van der Waals surface area (Å²) in [4.78, 5) is 25.3. The van der Waals surface area contributed by atoms with Gasteiger partial charge in [-0.05, 0) is 46.3 Å². The summed E-state index contributed by atoms with van der Waals surface area (Å²) in [5.41, 5.74) is 0.705. The lowest BCUT2D eigenvalue weighted by atomic mass is 10.2. The van der Waals surface area contributed by atoms with Gasteiger partial charge in [-0.2, -0.15) is 0 Å². The van der Waals surface area contributed by atoms with Crippen LogP contribution < -0.4 is 10.2 Å². The molecule has 0 atom stereocenters. The molecule has 0 aliphatic heterocycles. The monoisotopic (exact) mass is 396 g/mol. The number of amides is 2. The van der Waals surface area contributed by atoms with Gasteiger partial charge in [0.1, 0.15) is 0 Å². The normalized spacial score (nSPS) is 10.3. The van der Waals surface area contributed by atoms with Gasteiger partial charge in [-0.3, -0.25) is 9.59 Å². The standard InChI is InChI=1S/C17H15BrF2N2O2/c1-11(23)22(16-5-3-2-4-13(16)18)9-8-21-17(24)12-6-7-14(19)15(20)10-12/h2-7,10H,8-9H2,1H3,(H,21,24).